The number of aromatic nitrogens is 1. The van der Waals surface area contributed by atoms with E-state index in [1.54, 1.807) is 4.90 Å². The predicted molar refractivity (Wildman–Crippen MR) is 71.4 cm³/mol. The summed E-state index contributed by atoms with van der Waals surface area (Å²) in [6.07, 6.45) is 0.107. The third-order valence-electron chi connectivity index (χ3n) is 2.93. The number of H-pyrrole nitrogens is 1. The molecule has 100 valence electrons. The van der Waals surface area contributed by atoms with Crippen LogP contribution in [0.15, 0.2) is 0 Å². The third kappa shape index (κ3) is 3.17. The van der Waals surface area contributed by atoms with Crippen molar-refractivity contribution in [3.63, 3.8) is 0 Å². The van der Waals surface area contributed by atoms with Gasteiger partial charge in [0.25, 0.3) is 0 Å². The van der Waals surface area contributed by atoms with E-state index in [2.05, 4.69) is 4.98 Å². The molecule has 1 aliphatic heterocycles. The summed E-state index contributed by atoms with van der Waals surface area (Å²) < 4.78 is 6.02. The molecule has 1 aliphatic rings. The minimum atomic E-state index is -0.256. The van der Waals surface area contributed by atoms with Gasteiger partial charge in [0.2, 0.25) is 5.91 Å². The molecule has 1 aromatic heterocycles. The number of ether oxygens (including phenoxy) is 1. The maximum atomic E-state index is 12.1. The van der Waals surface area contributed by atoms with Crippen molar-refractivity contribution in [2.75, 3.05) is 26.3 Å². The Morgan fingerprint density at radius 1 is 1.72 bits per heavy atom. The van der Waals surface area contributed by atoms with Crippen molar-refractivity contribution in [3.05, 3.63) is 14.5 Å². The van der Waals surface area contributed by atoms with Crippen LogP contribution in [0.25, 0.3) is 0 Å². The Balaban J connectivity index is 1.99. The lowest BCUT2D eigenvalue weighted by molar-refractivity contribution is -0.139. The summed E-state index contributed by atoms with van der Waals surface area (Å²) in [6.45, 7) is 3.41. The van der Waals surface area contributed by atoms with E-state index in [1.165, 1.54) is 11.3 Å². The van der Waals surface area contributed by atoms with Crippen LogP contribution in [0.2, 0.25) is 0 Å². The molecule has 2 rings (SSSR count). The molecule has 2 N–H and O–H groups in total. The van der Waals surface area contributed by atoms with E-state index < -0.39 is 0 Å². The molecule has 1 saturated heterocycles. The molecule has 1 aromatic rings. The smallest absolute Gasteiger partial charge is 0.228 e. The van der Waals surface area contributed by atoms with Gasteiger partial charge in [0, 0.05) is 23.7 Å². The number of aromatic amines is 1. The second-order valence-electron chi connectivity index (χ2n) is 4.25. The maximum absolute atomic E-state index is 12.1. The van der Waals surface area contributed by atoms with Crippen LogP contribution in [0.1, 0.15) is 10.6 Å². The van der Waals surface area contributed by atoms with Crippen LogP contribution < -0.4 is 0 Å². The van der Waals surface area contributed by atoms with Crippen LogP contribution in [-0.2, 0) is 16.0 Å². The molecule has 0 aliphatic carbocycles. The number of carbonyl (C=O) groups excluding carboxylic acids is 1. The van der Waals surface area contributed by atoms with Crippen LogP contribution in [0.3, 0.4) is 0 Å². The number of hydrogen-bond donors (Lipinski definition) is 2. The third-order valence-corrected chi connectivity index (χ3v) is 4.27. The lowest BCUT2D eigenvalue weighted by Gasteiger charge is -2.32. The zero-order valence-corrected chi connectivity index (χ0v) is 11.8. The second-order valence-corrected chi connectivity index (χ2v) is 6.03. The summed E-state index contributed by atoms with van der Waals surface area (Å²) in [5.41, 5.74) is 0.963. The van der Waals surface area contributed by atoms with Gasteiger partial charge in [-0.15, -0.1) is 11.3 Å². The number of morpholine rings is 1. The number of carbonyl (C=O) groups is 1. The summed E-state index contributed by atoms with van der Waals surface area (Å²) >= 11 is 6.50. The Labute approximate surface area is 114 Å². The lowest BCUT2D eigenvalue weighted by Crippen LogP contribution is -2.47. The van der Waals surface area contributed by atoms with Gasteiger partial charge in [-0.3, -0.25) is 4.79 Å². The van der Waals surface area contributed by atoms with Crippen LogP contribution in [0.4, 0.5) is 0 Å². The number of hydrogen-bond acceptors (Lipinski definition) is 5. The fourth-order valence-electron chi connectivity index (χ4n) is 1.91. The highest BCUT2D eigenvalue weighted by Crippen LogP contribution is 2.17. The number of nitrogens with one attached hydrogen (secondary N) is 1. The summed E-state index contributed by atoms with van der Waals surface area (Å²) in [5, 5.41) is 9.05. The van der Waals surface area contributed by atoms with Crippen molar-refractivity contribution < 1.29 is 14.6 Å². The van der Waals surface area contributed by atoms with Gasteiger partial charge >= 0.3 is 0 Å². The molecular weight excluding hydrogens is 272 g/mol. The van der Waals surface area contributed by atoms with Gasteiger partial charge in [-0.1, -0.05) is 0 Å². The Kier molecular flexibility index (Phi) is 4.50. The van der Waals surface area contributed by atoms with Gasteiger partial charge in [-0.25, -0.2) is 0 Å². The standard InChI is InChI=1S/C11H16N2O3S2/c1-7-9(18-11(17)12-7)4-10(15)13-2-3-16-8(5-13)6-14/h8,14H,2-6H2,1H3,(H,12,17). The topological polar surface area (TPSA) is 65.6 Å². The van der Waals surface area contributed by atoms with Crippen LogP contribution >= 0.6 is 23.6 Å². The van der Waals surface area contributed by atoms with E-state index in [4.69, 9.17) is 22.1 Å². The van der Waals surface area contributed by atoms with Gasteiger partial charge in [0.15, 0.2) is 3.95 Å². The van der Waals surface area contributed by atoms with Gasteiger partial charge in [-0.05, 0) is 19.1 Å². The van der Waals surface area contributed by atoms with E-state index >= 15 is 0 Å². The molecule has 1 amide bonds. The maximum Gasteiger partial charge on any atom is 0.228 e. The molecule has 0 spiro atoms. The van der Waals surface area contributed by atoms with Crippen LogP contribution in [-0.4, -0.2) is 53.3 Å². The van der Waals surface area contributed by atoms with Gasteiger partial charge < -0.3 is 19.7 Å². The summed E-state index contributed by atoms with van der Waals surface area (Å²) in [4.78, 5) is 17.9. The zero-order chi connectivity index (χ0) is 13.1. The molecule has 18 heavy (non-hydrogen) atoms. The number of amides is 1. The van der Waals surface area contributed by atoms with E-state index in [0.29, 0.717) is 30.1 Å². The van der Waals surface area contributed by atoms with Crippen molar-refractivity contribution in [3.8, 4) is 0 Å². The molecular formula is C11H16N2O3S2. The number of nitrogens with zero attached hydrogens (tertiary/aromatic N) is 1. The second kappa shape index (κ2) is 5.92. The molecule has 5 nitrogen and oxygen atoms in total. The van der Waals surface area contributed by atoms with E-state index in [0.717, 1.165) is 10.6 Å². The largest absolute Gasteiger partial charge is 0.394 e. The van der Waals surface area contributed by atoms with E-state index in [-0.39, 0.29) is 18.6 Å². The average molecular weight is 288 g/mol. The number of aliphatic hydroxyl groups is 1. The summed E-state index contributed by atoms with van der Waals surface area (Å²) in [7, 11) is 0. The monoisotopic (exact) mass is 288 g/mol. The van der Waals surface area contributed by atoms with Crippen molar-refractivity contribution in [1.82, 2.24) is 9.88 Å². The first kappa shape index (κ1) is 13.7. The van der Waals surface area contributed by atoms with Crippen molar-refractivity contribution in [2.45, 2.75) is 19.4 Å². The Bertz CT molecular complexity index is 483. The van der Waals surface area contributed by atoms with E-state index in [1.807, 2.05) is 6.92 Å². The normalized spacial score (nSPS) is 20.1. The Hall–Kier alpha value is -0.760. The first-order chi connectivity index (χ1) is 8.60. The molecule has 0 aromatic carbocycles. The molecule has 7 heteroatoms. The summed E-state index contributed by atoms with van der Waals surface area (Å²) in [6, 6.07) is 0. The lowest BCUT2D eigenvalue weighted by atomic mass is 10.2. The average Bonchev–Trinajstić information content (AvgIpc) is 2.68. The van der Waals surface area contributed by atoms with Crippen LogP contribution in [0.5, 0.6) is 0 Å². The first-order valence-corrected chi connectivity index (χ1v) is 7.01. The first-order valence-electron chi connectivity index (χ1n) is 5.79. The molecule has 0 bridgehead atoms. The quantitative estimate of drug-likeness (QED) is 0.810. The van der Waals surface area contributed by atoms with Gasteiger partial charge in [0.05, 0.1) is 25.7 Å². The highest BCUT2D eigenvalue weighted by molar-refractivity contribution is 7.73. The molecule has 0 radical (unpaired) electrons. The zero-order valence-electron chi connectivity index (χ0n) is 10.1. The van der Waals surface area contributed by atoms with Gasteiger partial charge in [-0.2, -0.15) is 0 Å². The van der Waals surface area contributed by atoms with Gasteiger partial charge in [0.1, 0.15) is 0 Å². The number of aryl methyl sites for hydroxylation is 1. The van der Waals surface area contributed by atoms with Crippen molar-refractivity contribution in [2.24, 2.45) is 0 Å². The minimum Gasteiger partial charge on any atom is -0.394 e. The van der Waals surface area contributed by atoms with E-state index in [9.17, 15) is 4.79 Å². The molecule has 1 fully saturated rings. The number of rotatable bonds is 3. The predicted octanol–water partition coefficient (Wildman–Crippen LogP) is 0.876. The SMILES string of the molecule is Cc1[nH]c(=S)sc1CC(=O)N1CCOC(CO)C1. The molecule has 1 atom stereocenters. The Morgan fingerprint density at radius 2 is 2.50 bits per heavy atom. The highest BCUT2D eigenvalue weighted by atomic mass is 32.1. The number of thiazole rings is 1. The van der Waals surface area contributed by atoms with Crippen molar-refractivity contribution >= 4 is 29.5 Å². The molecule has 2 heterocycles. The molecule has 0 saturated carbocycles. The summed E-state index contributed by atoms with van der Waals surface area (Å²) in [5.74, 6) is 0.0603. The Morgan fingerprint density at radius 3 is 3.11 bits per heavy atom. The molecule has 1 unspecified atom stereocenters. The minimum absolute atomic E-state index is 0.0497. The highest BCUT2D eigenvalue weighted by Gasteiger charge is 2.24. The fourth-order valence-corrected chi connectivity index (χ4v) is 3.19. The number of aliphatic hydroxyl groups excluding tert-OH is 1. The van der Waals surface area contributed by atoms with Crippen molar-refractivity contribution in [1.29, 1.82) is 0 Å². The fraction of sp³-hybridized carbons (Fsp3) is 0.636. The van der Waals surface area contributed by atoms with Crippen LogP contribution in [0, 0.1) is 10.9 Å².